The molecule has 2 aromatic rings. The first-order valence-electron chi connectivity index (χ1n) is 8.07. The van der Waals surface area contributed by atoms with Gasteiger partial charge in [-0.3, -0.25) is 19.3 Å². The van der Waals surface area contributed by atoms with Crippen molar-refractivity contribution >= 4 is 34.9 Å². The Hall–Kier alpha value is -2.80. The molecule has 3 amide bonds. The molecule has 6 nitrogen and oxygen atoms in total. The lowest BCUT2D eigenvalue weighted by molar-refractivity contribution is -0.127. The highest BCUT2D eigenvalue weighted by Gasteiger charge is 2.36. The maximum Gasteiger partial charge on any atom is 0.294 e. The minimum absolute atomic E-state index is 0.292. The number of aryl methyl sites for hydroxylation is 2. The van der Waals surface area contributed by atoms with Gasteiger partial charge in [0.25, 0.3) is 11.1 Å². The van der Waals surface area contributed by atoms with Gasteiger partial charge in [-0.1, -0.05) is 17.7 Å². The molecule has 0 atom stereocenters. The molecule has 2 N–H and O–H groups in total. The number of thioether (sulfide) groups is 1. The molecule has 1 aliphatic heterocycles. The molecule has 0 spiro atoms. The molecule has 0 radical (unpaired) electrons. The Labute approximate surface area is 155 Å². The van der Waals surface area contributed by atoms with Gasteiger partial charge in [0.1, 0.15) is 6.54 Å². The summed E-state index contributed by atoms with van der Waals surface area (Å²) in [4.78, 5) is 36.5. The zero-order valence-electron chi connectivity index (χ0n) is 14.8. The summed E-state index contributed by atoms with van der Waals surface area (Å²) in [5.41, 5.74) is 10.2. The van der Waals surface area contributed by atoms with Crippen molar-refractivity contribution in [2.24, 2.45) is 5.73 Å². The number of imide groups is 1. The van der Waals surface area contributed by atoms with Crippen molar-refractivity contribution in [3.63, 3.8) is 0 Å². The highest BCUT2D eigenvalue weighted by molar-refractivity contribution is 8.18. The number of primary amides is 1. The van der Waals surface area contributed by atoms with Gasteiger partial charge in [-0.15, -0.1) is 0 Å². The van der Waals surface area contributed by atoms with Gasteiger partial charge in [-0.05, 0) is 62.4 Å². The lowest BCUT2D eigenvalue weighted by Gasteiger charge is -2.10. The van der Waals surface area contributed by atoms with E-state index in [0.717, 1.165) is 39.3 Å². The molecule has 1 aromatic heterocycles. The third-order valence-electron chi connectivity index (χ3n) is 4.24. The van der Waals surface area contributed by atoms with E-state index in [-0.39, 0.29) is 0 Å². The second kappa shape index (κ2) is 6.84. The number of nitrogens with two attached hydrogens (primary N) is 1. The van der Waals surface area contributed by atoms with Crippen LogP contribution in [0.4, 0.5) is 4.79 Å². The van der Waals surface area contributed by atoms with Crippen LogP contribution >= 0.6 is 11.8 Å². The second-order valence-electron chi connectivity index (χ2n) is 6.23. The average Bonchev–Trinajstić information content (AvgIpc) is 2.99. The van der Waals surface area contributed by atoms with Crippen LogP contribution in [0.2, 0.25) is 0 Å². The zero-order valence-corrected chi connectivity index (χ0v) is 15.6. The topological polar surface area (TPSA) is 85.4 Å². The minimum Gasteiger partial charge on any atom is -0.368 e. The van der Waals surface area contributed by atoms with E-state index in [4.69, 9.17) is 5.73 Å². The SMILES string of the molecule is Cc1ccc(-n2c(C)cc(/C=C3\SC(=O)N(CC(N)=O)C3=O)c2C)cc1. The zero-order chi connectivity index (χ0) is 19.0. The van der Waals surface area contributed by atoms with E-state index in [1.807, 2.05) is 51.1 Å². The second-order valence-corrected chi connectivity index (χ2v) is 7.22. The van der Waals surface area contributed by atoms with Crippen molar-refractivity contribution in [1.29, 1.82) is 0 Å². The van der Waals surface area contributed by atoms with E-state index in [1.165, 1.54) is 5.56 Å². The Morgan fingerprint density at radius 2 is 1.81 bits per heavy atom. The molecule has 3 rings (SSSR count). The van der Waals surface area contributed by atoms with Gasteiger partial charge in [0, 0.05) is 17.1 Å². The summed E-state index contributed by atoms with van der Waals surface area (Å²) >= 11 is 0.822. The summed E-state index contributed by atoms with van der Waals surface area (Å²) in [5, 5.41) is -0.479. The normalized spacial score (nSPS) is 16.0. The quantitative estimate of drug-likeness (QED) is 0.840. The fourth-order valence-electron chi connectivity index (χ4n) is 2.96. The van der Waals surface area contributed by atoms with Gasteiger partial charge in [0.2, 0.25) is 5.91 Å². The smallest absolute Gasteiger partial charge is 0.294 e. The number of carbonyl (C=O) groups is 3. The molecule has 0 bridgehead atoms. The molecule has 1 saturated heterocycles. The van der Waals surface area contributed by atoms with Crippen LogP contribution in [0.15, 0.2) is 35.2 Å². The molecule has 7 heteroatoms. The molecule has 1 aromatic carbocycles. The summed E-state index contributed by atoms with van der Waals surface area (Å²) in [6.07, 6.45) is 1.69. The number of benzene rings is 1. The van der Waals surface area contributed by atoms with Crippen LogP contribution in [-0.4, -0.2) is 33.1 Å². The van der Waals surface area contributed by atoms with E-state index in [0.29, 0.717) is 4.91 Å². The predicted octanol–water partition coefficient (Wildman–Crippen LogP) is 2.92. The molecular formula is C19H19N3O3S. The minimum atomic E-state index is -0.717. The van der Waals surface area contributed by atoms with Gasteiger partial charge in [-0.25, -0.2) is 0 Å². The maximum atomic E-state index is 12.4. The van der Waals surface area contributed by atoms with Crippen LogP contribution in [0, 0.1) is 20.8 Å². The molecule has 0 unspecified atom stereocenters. The Morgan fingerprint density at radius 1 is 1.15 bits per heavy atom. The first-order valence-corrected chi connectivity index (χ1v) is 8.89. The number of carbonyl (C=O) groups excluding carboxylic acids is 3. The Balaban J connectivity index is 1.96. The van der Waals surface area contributed by atoms with E-state index < -0.39 is 23.6 Å². The average molecular weight is 369 g/mol. The number of aromatic nitrogens is 1. The summed E-state index contributed by atoms with van der Waals surface area (Å²) in [5.74, 6) is -1.20. The first-order chi connectivity index (χ1) is 12.3. The van der Waals surface area contributed by atoms with Gasteiger partial charge in [-0.2, -0.15) is 0 Å². The molecule has 2 heterocycles. The number of rotatable bonds is 4. The monoisotopic (exact) mass is 369 g/mol. The highest BCUT2D eigenvalue weighted by Crippen LogP contribution is 2.33. The number of nitrogens with zero attached hydrogens (tertiary/aromatic N) is 2. The number of amides is 3. The van der Waals surface area contributed by atoms with Crippen molar-refractivity contribution in [3.05, 3.63) is 57.8 Å². The van der Waals surface area contributed by atoms with Crippen LogP contribution in [0.1, 0.15) is 22.5 Å². The third kappa shape index (κ3) is 3.30. The van der Waals surface area contributed by atoms with Crippen LogP contribution in [0.5, 0.6) is 0 Å². The van der Waals surface area contributed by atoms with E-state index in [9.17, 15) is 14.4 Å². The van der Waals surface area contributed by atoms with Crippen LogP contribution in [0.25, 0.3) is 11.8 Å². The first kappa shape index (κ1) is 18.0. The summed E-state index contributed by atoms with van der Waals surface area (Å²) in [6.45, 7) is 5.59. The highest BCUT2D eigenvalue weighted by atomic mass is 32.2. The van der Waals surface area contributed by atoms with Gasteiger partial charge in [0.05, 0.1) is 4.91 Å². The van der Waals surface area contributed by atoms with Gasteiger partial charge >= 0.3 is 0 Å². The van der Waals surface area contributed by atoms with Crippen LogP contribution < -0.4 is 5.73 Å². The third-order valence-corrected chi connectivity index (χ3v) is 5.14. The molecule has 26 heavy (non-hydrogen) atoms. The lowest BCUT2D eigenvalue weighted by atomic mass is 10.2. The fourth-order valence-corrected chi connectivity index (χ4v) is 3.79. The Bertz CT molecular complexity index is 942. The molecule has 0 saturated carbocycles. The van der Waals surface area contributed by atoms with Crippen molar-refractivity contribution in [3.8, 4) is 5.69 Å². The Morgan fingerprint density at radius 3 is 2.42 bits per heavy atom. The van der Waals surface area contributed by atoms with Gasteiger partial charge in [0.15, 0.2) is 0 Å². The van der Waals surface area contributed by atoms with Gasteiger partial charge < -0.3 is 10.3 Å². The van der Waals surface area contributed by atoms with Crippen LogP contribution in [-0.2, 0) is 9.59 Å². The number of hydrogen-bond donors (Lipinski definition) is 1. The largest absolute Gasteiger partial charge is 0.368 e. The van der Waals surface area contributed by atoms with Crippen molar-refractivity contribution < 1.29 is 14.4 Å². The molecule has 0 aliphatic carbocycles. The standard InChI is InChI=1S/C19H19N3O3S/c1-11-4-6-15(7-5-11)22-12(2)8-14(13(22)3)9-16-18(24)21(10-17(20)23)19(25)26-16/h4-9H,10H2,1-3H3,(H2,20,23)/b16-9-. The predicted molar refractivity (Wildman–Crippen MR) is 102 cm³/mol. The maximum absolute atomic E-state index is 12.4. The van der Waals surface area contributed by atoms with Crippen molar-refractivity contribution in [2.75, 3.05) is 6.54 Å². The van der Waals surface area contributed by atoms with E-state index in [1.54, 1.807) is 6.08 Å². The molecule has 1 fully saturated rings. The van der Waals surface area contributed by atoms with Crippen LogP contribution in [0.3, 0.4) is 0 Å². The Kier molecular flexibility index (Phi) is 4.73. The van der Waals surface area contributed by atoms with Crippen molar-refractivity contribution in [1.82, 2.24) is 9.47 Å². The summed E-state index contributed by atoms with van der Waals surface area (Å²) in [7, 11) is 0. The summed E-state index contributed by atoms with van der Waals surface area (Å²) in [6, 6.07) is 10.1. The van der Waals surface area contributed by atoms with E-state index >= 15 is 0 Å². The van der Waals surface area contributed by atoms with Crippen molar-refractivity contribution in [2.45, 2.75) is 20.8 Å². The summed E-state index contributed by atoms with van der Waals surface area (Å²) < 4.78 is 2.10. The molecule has 134 valence electrons. The fraction of sp³-hybridized carbons (Fsp3) is 0.211. The lowest BCUT2D eigenvalue weighted by Crippen LogP contribution is -2.36. The molecular weight excluding hydrogens is 350 g/mol. The number of hydrogen-bond acceptors (Lipinski definition) is 4. The van der Waals surface area contributed by atoms with E-state index in [2.05, 4.69) is 4.57 Å². The molecule has 1 aliphatic rings.